The van der Waals surface area contributed by atoms with Crippen molar-refractivity contribution in [2.24, 2.45) is 0 Å². The quantitative estimate of drug-likeness (QED) is 0.899. The van der Waals surface area contributed by atoms with Gasteiger partial charge in [0.1, 0.15) is 11.5 Å². The van der Waals surface area contributed by atoms with Gasteiger partial charge >= 0.3 is 0 Å². The van der Waals surface area contributed by atoms with Crippen LogP contribution in [0.2, 0.25) is 0 Å². The maximum atomic E-state index is 12.3. The molecule has 0 unspecified atom stereocenters. The molecule has 4 nitrogen and oxygen atoms in total. The van der Waals surface area contributed by atoms with E-state index in [-0.39, 0.29) is 23.3 Å². The second-order valence-corrected chi connectivity index (χ2v) is 5.14. The summed E-state index contributed by atoms with van der Waals surface area (Å²) in [5, 5.41) is 12.6. The fourth-order valence-electron chi connectivity index (χ4n) is 1.95. The molecule has 2 aromatic rings. The molecule has 0 saturated carbocycles. The lowest BCUT2D eigenvalue weighted by Gasteiger charge is -2.15. The van der Waals surface area contributed by atoms with Crippen LogP contribution < -0.4 is 10.1 Å². The monoisotopic (exact) mass is 285 g/mol. The minimum Gasteiger partial charge on any atom is -0.507 e. The van der Waals surface area contributed by atoms with Crippen LogP contribution in [-0.4, -0.2) is 17.1 Å². The lowest BCUT2D eigenvalue weighted by molar-refractivity contribution is 0.102. The van der Waals surface area contributed by atoms with E-state index < -0.39 is 0 Å². The zero-order valence-electron chi connectivity index (χ0n) is 12.4. The lowest BCUT2D eigenvalue weighted by Crippen LogP contribution is -2.14. The summed E-state index contributed by atoms with van der Waals surface area (Å²) in [4.78, 5) is 12.3. The molecule has 0 aliphatic carbocycles. The topological polar surface area (TPSA) is 58.6 Å². The van der Waals surface area contributed by atoms with E-state index in [2.05, 4.69) is 5.32 Å². The molecule has 0 aliphatic rings. The molecule has 0 fully saturated rings. The Morgan fingerprint density at radius 2 is 1.90 bits per heavy atom. The van der Waals surface area contributed by atoms with E-state index in [4.69, 9.17) is 4.74 Å². The second kappa shape index (κ2) is 6.31. The van der Waals surface area contributed by atoms with Crippen LogP contribution >= 0.6 is 0 Å². The van der Waals surface area contributed by atoms with Crippen LogP contribution in [0.15, 0.2) is 42.5 Å². The molecule has 2 aromatic carbocycles. The molecule has 0 aromatic heterocycles. The molecule has 4 heteroatoms. The van der Waals surface area contributed by atoms with Crippen LogP contribution in [0.4, 0.5) is 5.69 Å². The summed E-state index contributed by atoms with van der Waals surface area (Å²) in [5.41, 5.74) is 1.73. The molecule has 0 heterocycles. The van der Waals surface area contributed by atoms with Crippen molar-refractivity contribution in [3.05, 3.63) is 53.6 Å². The van der Waals surface area contributed by atoms with Gasteiger partial charge in [-0.2, -0.15) is 0 Å². The van der Waals surface area contributed by atoms with E-state index in [9.17, 15) is 9.90 Å². The SMILES string of the molecule is Cc1ccc(O)c(C(=O)Nc2ccccc2OC(C)C)c1. The van der Waals surface area contributed by atoms with Crippen LogP contribution in [-0.2, 0) is 0 Å². The number of rotatable bonds is 4. The first-order chi connectivity index (χ1) is 9.97. The summed E-state index contributed by atoms with van der Waals surface area (Å²) in [7, 11) is 0. The van der Waals surface area contributed by atoms with E-state index >= 15 is 0 Å². The number of anilines is 1. The standard InChI is InChI=1S/C17H19NO3/c1-11(2)21-16-7-5-4-6-14(16)18-17(20)13-10-12(3)8-9-15(13)19/h4-11,19H,1-3H3,(H,18,20). The van der Waals surface area contributed by atoms with Crippen LogP contribution in [0.25, 0.3) is 0 Å². The van der Waals surface area contributed by atoms with Gasteiger partial charge in [0.2, 0.25) is 0 Å². The average molecular weight is 285 g/mol. The molecular formula is C17H19NO3. The van der Waals surface area contributed by atoms with E-state index in [0.717, 1.165) is 5.56 Å². The fourth-order valence-corrected chi connectivity index (χ4v) is 1.95. The number of nitrogens with one attached hydrogen (secondary N) is 1. The third-order valence-corrected chi connectivity index (χ3v) is 2.89. The predicted molar refractivity (Wildman–Crippen MR) is 83.0 cm³/mol. The highest BCUT2D eigenvalue weighted by atomic mass is 16.5. The van der Waals surface area contributed by atoms with Crippen LogP contribution in [0, 0.1) is 6.92 Å². The number of phenols is 1. The molecule has 0 spiro atoms. The number of hydrogen-bond acceptors (Lipinski definition) is 3. The lowest BCUT2D eigenvalue weighted by atomic mass is 10.1. The molecule has 0 radical (unpaired) electrons. The van der Waals surface area contributed by atoms with E-state index in [1.807, 2.05) is 32.9 Å². The van der Waals surface area contributed by atoms with Crippen LogP contribution in [0.3, 0.4) is 0 Å². The maximum Gasteiger partial charge on any atom is 0.259 e. The van der Waals surface area contributed by atoms with E-state index in [0.29, 0.717) is 11.4 Å². The number of para-hydroxylation sites is 2. The summed E-state index contributed by atoms with van der Waals surface area (Å²) in [6, 6.07) is 12.1. The normalized spacial score (nSPS) is 10.5. The first-order valence-corrected chi connectivity index (χ1v) is 6.84. The Morgan fingerprint density at radius 3 is 2.62 bits per heavy atom. The van der Waals surface area contributed by atoms with Gasteiger partial charge in [0.15, 0.2) is 0 Å². The number of phenolic OH excluding ortho intramolecular Hbond substituents is 1. The summed E-state index contributed by atoms with van der Waals surface area (Å²) in [6.45, 7) is 5.71. The largest absolute Gasteiger partial charge is 0.507 e. The van der Waals surface area contributed by atoms with Gasteiger partial charge < -0.3 is 15.2 Å². The van der Waals surface area contributed by atoms with E-state index in [1.165, 1.54) is 6.07 Å². The first kappa shape index (κ1) is 14.9. The number of amides is 1. The Balaban J connectivity index is 2.25. The molecule has 2 rings (SSSR count). The van der Waals surface area contributed by atoms with Gasteiger partial charge in [-0.15, -0.1) is 0 Å². The third-order valence-electron chi connectivity index (χ3n) is 2.89. The van der Waals surface area contributed by atoms with Crippen molar-refractivity contribution in [2.75, 3.05) is 5.32 Å². The highest BCUT2D eigenvalue weighted by Crippen LogP contribution is 2.27. The Hall–Kier alpha value is -2.49. The summed E-state index contributed by atoms with van der Waals surface area (Å²) < 4.78 is 5.66. The van der Waals surface area contributed by atoms with Crippen LogP contribution in [0.1, 0.15) is 29.8 Å². The molecule has 0 saturated heterocycles. The molecule has 0 aliphatic heterocycles. The van der Waals surface area contributed by atoms with Crippen molar-refractivity contribution in [3.63, 3.8) is 0 Å². The number of aromatic hydroxyl groups is 1. The zero-order valence-corrected chi connectivity index (χ0v) is 12.4. The smallest absolute Gasteiger partial charge is 0.259 e. The summed E-state index contributed by atoms with van der Waals surface area (Å²) >= 11 is 0. The Labute approximate surface area is 124 Å². The number of carbonyl (C=O) groups is 1. The van der Waals surface area contributed by atoms with Crippen molar-refractivity contribution in [2.45, 2.75) is 26.9 Å². The maximum absolute atomic E-state index is 12.3. The second-order valence-electron chi connectivity index (χ2n) is 5.14. The Morgan fingerprint density at radius 1 is 1.19 bits per heavy atom. The Bertz CT molecular complexity index is 650. The molecule has 0 atom stereocenters. The Kier molecular flexibility index (Phi) is 4.48. The van der Waals surface area contributed by atoms with Crippen LogP contribution in [0.5, 0.6) is 11.5 Å². The number of aryl methyl sites for hydroxylation is 1. The number of carbonyl (C=O) groups excluding carboxylic acids is 1. The molecule has 110 valence electrons. The number of hydrogen-bond donors (Lipinski definition) is 2. The first-order valence-electron chi connectivity index (χ1n) is 6.84. The minimum absolute atomic E-state index is 0.00965. The fraction of sp³-hybridized carbons (Fsp3) is 0.235. The zero-order chi connectivity index (χ0) is 15.4. The van der Waals surface area contributed by atoms with Gasteiger partial charge in [0, 0.05) is 0 Å². The van der Waals surface area contributed by atoms with E-state index in [1.54, 1.807) is 24.3 Å². The minimum atomic E-state index is -0.365. The third kappa shape index (κ3) is 3.75. The predicted octanol–water partition coefficient (Wildman–Crippen LogP) is 3.74. The summed E-state index contributed by atoms with van der Waals surface area (Å²) in [5.74, 6) is 0.198. The van der Waals surface area contributed by atoms with Gasteiger partial charge in [-0.1, -0.05) is 23.8 Å². The van der Waals surface area contributed by atoms with Gasteiger partial charge in [-0.25, -0.2) is 0 Å². The van der Waals surface area contributed by atoms with Crippen molar-refractivity contribution in [1.29, 1.82) is 0 Å². The highest BCUT2D eigenvalue weighted by Gasteiger charge is 2.14. The number of ether oxygens (including phenoxy) is 1. The summed E-state index contributed by atoms with van der Waals surface area (Å²) in [6.07, 6.45) is 0.00965. The highest BCUT2D eigenvalue weighted by molar-refractivity contribution is 6.06. The van der Waals surface area contributed by atoms with Crippen molar-refractivity contribution in [1.82, 2.24) is 0 Å². The molecule has 2 N–H and O–H groups in total. The van der Waals surface area contributed by atoms with Gasteiger partial charge in [-0.3, -0.25) is 4.79 Å². The van der Waals surface area contributed by atoms with Crippen molar-refractivity contribution in [3.8, 4) is 11.5 Å². The van der Waals surface area contributed by atoms with Crippen molar-refractivity contribution < 1.29 is 14.6 Å². The van der Waals surface area contributed by atoms with Gasteiger partial charge in [0.05, 0.1) is 17.4 Å². The molecule has 0 bridgehead atoms. The molecule has 1 amide bonds. The molecule has 21 heavy (non-hydrogen) atoms. The van der Waals surface area contributed by atoms with Crippen molar-refractivity contribution >= 4 is 11.6 Å². The van der Waals surface area contributed by atoms with Gasteiger partial charge in [0.25, 0.3) is 5.91 Å². The van der Waals surface area contributed by atoms with Gasteiger partial charge in [-0.05, 0) is 45.0 Å². The number of benzene rings is 2. The molecular weight excluding hydrogens is 266 g/mol. The average Bonchev–Trinajstić information content (AvgIpc) is 2.43.